The molecule has 0 spiro atoms. The van der Waals surface area contributed by atoms with Crippen LogP contribution in [-0.2, 0) is 5.75 Å². The van der Waals surface area contributed by atoms with Gasteiger partial charge in [0.1, 0.15) is 11.0 Å². The maximum atomic E-state index is 12.0. The molecule has 7 heteroatoms. The second kappa shape index (κ2) is 7.84. The second-order valence-electron chi connectivity index (χ2n) is 6.76. The van der Waals surface area contributed by atoms with Crippen molar-refractivity contribution in [3.05, 3.63) is 46.6 Å². The van der Waals surface area contributed by atoms with Gasteiger partial charge >= 0.3 is 0 Å². The van der Waals surface area contributed by atoms with Crippen LogP contribution in [0.4, 0.5) is 5.82 Å². The molecule has 1 aromatic heterocycles. The highest BCUT2D eigenvalue weighted by atomic mass is 35.5. The van der Waals surface area contributed by atoms with Crippen LogP contribution in [0.2, 0.25) is 5.15 Å². The van der Waals surface area contributed by atoms with Crippen molar-refractivity contribution in [3.63, 3.8) is 0 Å². The molecule has 136 valence electrons. The summed E-state index contributed by atoms with van der Waals surface area (Å²) in [5.74, 6) is 1.67. The minimum Gasteiger partial charge on any atom is -0.356 e. The fourth-order valence-corrected chi connectivity index (χ4v) is 3.99. The van der Waals surface area contributed by atoms with Gasteiger partial charge in [-0.05, 0) is 43.4 Å². The van der Waals surface area contributed by atoms with E-state index < -0.39 is 0 Å². The van der Waals surface area contributed by atoms with E-state index in [2.05, 4.69) is 20.2 Å². The van der Waals surface area contributed by atoms with Gasteiger partial charge in [0.05, 0.1) is 0 Å². The maximum absolute atomic E-state index is 12.0. The smallest absolute Gasteiger partial charge is 0.251 e. The van der Waals surface area contributed by atoms with E-state index in [0.717, 1.165) is 43.1 Å². The largest absolute Gasteiger partial charge is 0.356 e. The highest BCUT2D eigenvalue weighted by molar-refractivity contribution is 7.98. The summed E-state index contributed by atoms with van der Waals surface area (Å²) in [6.07, 6.45) is 4.59. The predicted molar refractivity (Wildman–Crippen MR) is 105 cm³/mol. The zero-order valence-corrected chi connectivity index (χ0v) is 16.0. The first-order valence-electron chi connectivity index (χ1n) is 8.99. The Morgan fingerprint density at radius 1 is 1.19 bits per heavy atom. The monoisotopic (exact) mass is 388 g/mol. The molecule has 0 unspecified atom stereocenters. The Bertz CT molecular complexity index is 789. The van der Waals surface area contributed by atoms with Crippen LogP contribution in [0, 0.1) is 0 Å². The first-order valence-corrected chi connectivity index (χ1v) is 10.4. The summed E-state index contributed by atoms with van der Waals surface area (Å²) >= 11 is 7.74. The molecule has 2 aliphatic rings. The van der Waals surface area contributed by atoms with Gasteiger partial charge in [0, 0.05) is 36.5 Å². The van der Waals surface area contributed by atoms with E-state index >= 15 is 0 Å². The van der Waals surface area contributed by atoms with E-state index in [1.54, 1.807) is 11.8 Å². The molecule has 1 N–H and O–H groups in total. The van der Waals surface area contributed by atoms with Gasteiger partial charge in [-0.3, -0.25) is 4.79 Å². The predicted octanol–water partition coefficient (Wildman–Crippen LogP) is 3.91. The van der Waals surface area contributed by atoms with Gasteiger partial charge in [-0.15, -0.1) is 0 Å². The number of halogens is 1. The Morgan fingerprint density at radius 2 is 1.92 bits per heavy atom. The molecule has 26 heavy (non-hydrogen) atoms. The number of carbonyl (C=O) groups is 1. The maximum Gasteiger partial charge on any atom is 0.251 e. The molecule has 5 nitrogen and oxygen atoms in total. The van der Waals surface area contributed by atoms with Crippen molar-refractivity contribution in [1.82, 2.24) is 15.3 Å². The Morgan fingerprint density at radius 3 is 2.62 bits per heavy atom. The summed E-state index contributed by atoms with van der Waals surface area (Å²) in [5, 5.41) is 4.18. The van der Waals surface area contributed by atoms with Gasteiger partial charge < -0.3 is 10.2 Å². The molecule has 1 aliphatic heterocycles. The average molecular weight is 389 g/mol. The highest BCUT2D eigenvalue weighted by Gasteiger charge is 2.23. The summed E-state index contributed by atoms with van der Waals surface area (Å²) in [6, 6.07) is 9.94. The zero-order valence-electron chi connectivity index (χ0n) is 14.4. The number of anilines is 1. The van der Waals surface area contributed by atoms with Crippen LogP contribution < -0.4 is 10.2 Å². The van der Waals surface area contributed by atoms with Crippen molar-refractivity contribution >= 4 is 35.1 Å². The standard InChI is InChI=1S/C19H21ClN4OS/c20-16-11-17(24-9-1-2-10-24)23-19(22-16)26-12-13-3-5-14(6-4-13)18(25)21-15-7-8-15/h3-6,11,15H,1-2,7-10,12H2,(H,21,25). The molecule has 2 aromatic rings. The average Bonchev–Trinajstić information content (AvgIpc) is 3.28. The van der Waals surface area contributed by atoms with Crippen molar-refractivity contribution in [1.29, 1.82) is 0 Å². The van der Waals surface area contributed by atoms with Gasteiger partial charge in [0.25, 0.3) is 5.91 Å². The first-order chi connectivity index (χ1) is 12.7. The lowest BCUT2D eigenvalue weighted by Crippen LogP contribution is -2.25. The fraction of sp³-hybridized carbons (Fsp3) is 0.421. The molecule has 0 bridgehead atoms. The molecule has 0 atom stereocenters. The number of amides is 1. The molecule has 2 heterocycles. The summed E-state index contributed by atoms with van der Waals surface area (Å²) in [5.41, 5.74) is 1.84. The lowest BCUT2D eigenvalue weighted by Gasteiger charge is -2.16. The van der Waals surface area contributed by atoms with Crippen molar-refractivity contribution in [2.24, 2.45) is 0 Å². The Labute approximate surface area is 162 Å². The zero-order chi connectivity index (χ0) is 17.9. The third-order valence-corrected chi connectivity index (χ3v) is 5.70. The topological polar surface area (TPSA) is 58.1 Å². The molecule has 2 fully saturated rings. The molecular weight excluding hydrogens is 368 g/mol. The Hall–Kier alpha value is -1.79. The summed E-state index contributed by atoms with van der Waals surface area (Å²) in [7, 11) is 0. The fourth-order valence-electron chi connectivity index (χ4n) is 2.95. The summed E-state index contributed by atoms with van der Waals surface area (Å²) < 4.78 is 0. The van der Waals surface area contributed by atoms with E-state index in [-0.39, 0.29) is 5.91 Å². The van der Waals surface area contributed by atoms with Crippen LogP contribution in [0.5, 0.6) is 0 Å². The molecule has 0 radical (unpaired) electrons. The lowest BCUT2D eigenvalue weighted by molar-refractivity contribution is 0.0951. The normalized spacial score (nSPS) is 16.7. The van der Waals surface area contributed by atoms with Gasteiger partial charge in [0.15, 0.2) is 5.16 Å². The lowest BCUT2D eigenvalue weighted by atomic mass is 10.1. The number of hydrogen-bond acceptors (Lipinski definition) is 5. The van der Waals surface area contributed by atoms with Crippen LogP contribution in [0.3, 0.4) is 0 Å². The van der Waals surface area contributed by atoms with Crippen molar-refractivity contribution in [3.8, 4) is 0 Å². The second-order valence-corrected chi connectivity index (χ2v) is 8.09. The van der Waals surface area contributed by atoms with Crippen LogP contribution in [-0.4, -0.2) is 35.0 Å². The van der Waals surface area contributed by atoms with E-state index in [9.17, 15) is 4.79 Å². The minimum atomic E-state index is 0.0140. The number of thioether (sulfide) groups is 1. The van der Waals surface area contributed by atoms with E-state index in [1.807, 2.05) is 30.3 Å². The number of carbonyl (C=O) groups excluding carboxylic acids is 1. The number of aromatic nitrogens is 2. The number of nitrogens with one attached hydrogen (secondary N) is 1. The molecule has 1 amide bonds. The van der Waals surface area contributed by atoms with Crippen LogP contribution in [0.15, 0.2) is 35.5 Å². The summed E-state index contributed by atoms with van der Waals surface area (Å²) in [4.78, 5) is 23.3. The molecule has 1 aromatic carbocycles. The molecular formula is C19H21ClN4OS. The van der Waals surface area contributed by atoms with Crippen molar-refractivity contribution < 1.29 is 4.79 Å². The number of hydrogen-bond donors (Lipinski definition) is 1. The van der Waals surface area contributed by atoms with Crippen molar-refractivity contribution in [2.45, 2.75) is 42.6 Å². The van der Waals surface area contributed by atoms with Gasteiger partial charge in [-0.1, -0.05) is 35.5 Å². The number of rotatable bonds is 6. The minimum absolute atomic E-state index is 0.0140. The Balaban J connectivity index is 1.38. The highest BCUT2D eigenvalue weighted by Crippen LogP contribution is 2.26. The third-order valence-electron chi connectivity index (χ3n) is 4.59. The SMILES string of the molecule is O=C(NC1CC1)c1ccc(CSc2nc(Cl)cc(N3CCCC3)n2)cc1. The Kier molecular flexibility index (Phi) is 5.31. The molecule has 1 saturated carbocycles. The molecule has 1 saturated heterocycles. The molecule has 1 aliphatic carbocycles. The number of nitrogens with zero attached hydrogens (tertiary/aromatic N) is 3. The van der Waals surface area contributed by atoms with Crippen LogP contribution >= 0.6 is 23.4 Å². The quantitative estimate of drug-likeness (QED) is 0.462. The van der Waals surface area contributed by atoms with Gasteiger partial charge in [-0.25, -0.2) is 9.97 Å². The summed E-state index contributed by atoms with van der Waals surface area (Å²) in [6.45, 7) is 2.06. The van der Waals surface area contributed by atoms with Gasteiger partial charge in [0.2, 0.25) is 0 Å². The van der Waals surface area contributed by atoms with Crippen LogP contribution in [0.25, 0.3) is 0 Å². The van der Waals surface area contributed by atoms with E-state index in [1.165, 1.54) is 12.8 Å². The molecule has 4 rings (SSSR count). The first kappa shape index (κ1) is 17.6. The third kappa shape index (κ3) is 4.48. The van der Waals surface area contributed by atoms with Crippen molar-refractivity contribution in [2.75, 3.05) is 18.0 Å². The van der Waals surface area contributed by atoms with Crippen LogP contribution in [0.1, 0.15) is 41.6 Å². The number of benzene rings is 1. The van der Waals surface area contributed by atoms with E-state index in [0.29, 0.717) is 21.9 Å². The van der Waals surface area contributed by atoms with Gasteiger partial charge in [-0.2, -0.15) is 0 Å². The van der Waals surface area contributed by atoms with E-state index in [4.69, 9.17) is 11.6 Å².